The van der Waals surface area contributed by atoms with Crippen LogP contribution in [0.25, 0.3) is 0 Å². The van der Waals surface area contributed by atoms with E-state index in [-0.39, 0.29) is 18.5 Å². The number of halogens is 5. The van der Waals surface area contributed by atoms with Gasteiger partial charge in [-0.2, -0.15) is 13.2 Å². The molecule has 2 unspecified atom stereocenters. The van der Waals surface area contributed by atoms with Crippen molar-refractivity contribution in [2.45, 2.75) is 31.0 Å². The summed E-state index contributed by atoms with van der Waals surface area (Å²) in [5.74, 6) is -2.03. The first-order valence-corrected chi connectivity index (χ1v) is 5.63. The minimum absolute atomic E-state index is 0.159. The Hall–Kier alpha value is -1.17. The molecule has 1 N–H and O–H groups in total. The second-order valence-corrected chi connectivity index (χ2v) is 4.44. The van der Waals surface area contributed by atoms with E-state index in [1.54, 1.807) is 0 Å². The highest BCUT2D eigenvalue weighted by Crippen LogP contribution is 2.35. The highest BCUT2D eigenvalue weighted by molar-refractivity contribution is 5.23. The summed E-state index contributed by atoms with van der Waals surface area (Å²) >= 11 is 0. The van der Waals surface area contributed by atoms with Crippen LogP contribution in [-0.2, 0) is 0 Å². The van der Waals surface area contributed by atoms with Gasteiger partial charge in [-0.3, -0.25) is 0 Å². The average molecular weight is 265 g/mol. The highest BCUT2D eigenvalue weighted by Gasteiger charge is 2.42. The fraction of sp³-hybridized carbons (Fsp3) is 0.500. The summed E-state index contributed by atoms with van der Waals surface area (Å²) in [5, 5.41) is 2.37. The Morgan fingerprint density at radius 2 is 1.89 bits per heavy atom. The minimum atomic E-state index is -4.34. The van der Waals surface area contributed by atoms with Crippen molar-refractivity contribution >= 4 is 0 Å². The van der Waals surface area contributed by atoms with E-state index in [4.69, 9.17) is 0 Å². The number of hydrogen-bond donors (Lipinski definition) is 1. The van der Waals surface area contributed by atoms with Crippen molar-refractivity contribution in [3.05, 3.63) is 35.4 Å². The van der Waals surface area contributed by atoms with Crippen LogP contribution >= 0.6 is 0 Å². The molecule has 0 spiro atoms. The molecule has 1 aromatic carbocycles. The van der Waals surface area contributed by atoms with Crippen LogP contribution in [0.3, 0.4) is 0 Å². The van der Waals surface area contributed by atoms with Crippen molar-refractivity contribution in [3.8, 4) is 0 Å². The Morgan fingerprint density at radius 3 is 2.50 bits per heavy atom. The maximum Gasteiger partial charge on any atom is 0.403 e. The predicted octanol–water partition coefficient (Wildman–Crippen LogP) is 3.36. The van der Waals surface area contributed by atoms with Gasteiger partial charge in [0, 0.05) is 6.07 Å². The number of benzene rings is 1. The average Bonchev–Trinajstić information content (AvgIpc) is 2.28. The third-order valence-electron chi connectivity index (χ3n) is 3.20. The smallest absolute Gasteiger partial charge is 0.306 e. The fourth-order valence-corrected chi connectivity index (χ4v) is 2.28. The zero-order chi connectivity index (χ0) is 13.3. The Balaban J connectivity index is 2.18. The summed E-state index contributed by atoms with van der Waals surface area (Å²) in [6.45, 7) is 0.172. The van der Waals surface area contributed by atoms with Crippen molar-refractivity contribution in [1.82, 2.24) is 5.32 Å². The molecular formula is C12H12F5N. The van der Waals surface area contributed by atoms with Crippen molar-refractivity contribution in [2.24, 2.45) is 0 Å². The van der Waals surface area contributed by atoms with Crippen LogP contribution in [0.4, 0.5) is 22.0 Å². The highest BCUT2D eigenvalue weighted by atomic mass is 19.4. The molecule has 0 saturated carbocycles. The summed E-state index contributed by atoms with van der Waals surface area (Å²) < 4.78 is 64.0. The molecule has 1 saturated heterocycles. The quantitative estimate of drug-likeness (QED) is 0.768. The molecule has 0 amide bonds. The van der Waals surface area contributed by atoms with E-state index < -0.39 is 29.8 Å². The summed E-state index contributed by atoms with van der Waals surface area (Å²) in [5.41, 5.74) is 0.159. The SMILES string of the molecule is Fc1ccc(C2CCNC(C(F)(F)F)C2)c(F)c1. The van der Waals surface area contributed by atoms with Crippen LogP contribution in [-0.4, -0.2) is 18.8 Å². The van der Waals surface area contributed by atoms with E-state index in [1.165, 1.54) is 6.07 Å². The number of nitrogens with one attached hydrogen (secondary N) is 1. The lowest BCUT2D eigenvalue weighted by Gasteiger charge is -2.32. The summed E-state index contributed by atoms with van der Waals surface area (Å²) in [6, 6.07) is 1.39. The molecule has 0 aromatic heterocycles. The van der Waals surface area contributed by atoms with Gasteiger partial charge in [0.1, 0.15) is 17.7 Å². The van der Waals surface area contributed by atoms with Gasteiger partial charge in [-0.15, -0.1) is 0 Å². The molecule has 0 bridgehead atoms. The van der Waals surface area contributed by atoms with Gasteiger partial charge < -0.3 is 5.32 Å². The minimum Gasteiger partial charge on any atom is -0.306 e. The van der Waals surface area contributed by atoms with Gasteiger partial charge in [-0.05, 0) is 36.9 Å². The fourth-order valence-electron chi connectivity index (χ4n) is 2.28. The van der Waals surface area contributed by atoms with E-state index in [0.717, 1.165) is 6.07 Å². The Kier molecular flexibility index (Phi) is 3.56. The van der Waals surface area contributed by atoms with Gasteiger partial charge in [0.25, 0.3) is 0 Å². The number of piperidine rings is 1. The molecule has 1 aromatic rings. The second kappa shape index (κ2) is 4.84. The normalized spacial score (nSPS) is 25.2. The molecule has 0 aliphatic carbocycles. The van der Waals surface area contributed by atoms with Crippen LogP contribution in [0.2, 0.25) is 0 Å². The molecular weight excluding hydrogens is 253 g/mol. The Bertz CT molecular complexity index is 429. The molecule has 1 fully saturated rings. The molecule has 100 valence electrons. The predicted molar refractivity (Wildman–Crippen MR) is 56.2 cm³/mol. The first-order chi connectivity index (χ1) is 8.38. The maximum atomic E-state index is 13.5. The molecule has 1 nitrogen and oxygen atoms in total. The van der Waals surface area contributed by atoms with Crippen LogP contribution in [0.1, 0.15) is 24.3 Å². The number of alkyl halides is 3. The first-order valence-electron chi connectivity index (χ1n) is 5.63. The van der Waals surface area contributed by atoms with E-state index in [1.807, 2.05) is 0 Å². The summed E-state index contributed by atoms with van der Waals surface area (Å²) in [6.07, 6.45) is -4.14. The van der Waals surface area contributed by atoms with E-state index in [2.05, 4.69) is 5.32 Å². The lowest BCUT2D eigenvalue weighted by molar-refractivity contribution is -0.161. The lowest BCUT2D eigenvalue weighted by atomic mass is 9.86. The summed E-state index contributed by atoms with van der Waals surface area (Å²) in [4.78, 5) is 0. The van der Waals surface area contributed by atoms with Gasteiger partial charge in [-0.25, -0.2) is 8.78 Å². The number of hydrogen-bond acceptors (Lipinski definition) is 1. The van der Waals surface area contributed by atoms with Gasteiger partial charge in [-0.1, -0.05) is 6.07 Å². The van der Waals surface area contributed by atoms with Gasteiger partial charge >= 0.3 is 6.18 Å². The zero-order valence-electron chi connectivity index (χ0n) is 9.40. The second-order valence-electron chi connectivity index (χ2n) is 4.44. The van der Waals surface area contributed by atoms with Crippen LogP contribution in [0.15, 0.2) is 18.2 Å². The van der Waals surface area contributed by atoms with E-state index in [9.17, 15) is 22.0 Å². The Labute approximate surface area is 101 Å². The molecule has 2 atom stereocenters. The van der Waals surface area contributed by atoms with Crippen molar-refractivity contribution in [1.29, 1.82) is 0 Å². The molecule has 0 radical (unpaired) electrons. The third kappa shape index (κ3) is 2.80. The topological polar surface area (TPSA) is 12.0 Å². The van der Waals surface area contributed by atoms with Gasteiger partial charge in [0.05, 0.1) is 0 Å². The molecule has 1 aliphatic heterocycles. The summed E-state index contributed by atoms with van der Waals surface area (Å²) in [7, 11) is 0. The first kappa shape index (κ1) is 13.3. The van der Waals surface area contributed by atoms with Gasteiger partial charge in [0.15, 0.2) is 0 Å². The number of rotatable bonds is 1. The molecule has 6 heteroatoms. The molecule has 18 heavy (non-hydrogen) atoms. The van der Waals surface area contributed by atoms with E-state index >= 15 is 0 Å². The zero-order valence-corrected chi connectivity index (χ0v) is 9.40. The standard InChI is InChI=1S/C12H12F5N/c13-8-1-2-9(10(14)6-8)7-3-4-18-11(5-7)12(15,16)17/h1-2,6-7,11,18H,3-5H2. The van der Waals surface area contributed by atoms with Crippen molar-refractivity contribution < 1.29 is 22.0 Å². The molecule has 1 aliphatic rings. The van der Waals surface area contributed by atoms with Crippen LogP contribution in [0, 0.1) is 11.6 Å². The van der Waals surface area contributed by atoms with Crippen molar-refractivity contribution in [2.75, 3.05) is 6.54 Å². The van der Waals surface area contributed by atoms with Gasteiger partial charge in [0.2, 0.25) is 0 Å². The molecule has 2 rings (SSSR count). The van der Waals surface area contributed by atoms with E-state index in [0.29, 0.717) is 12.5 Å². The lowest BCUT2D eigenvalue weighted by Crippen LogP contribution is -2.47. The largest absolute Gasteiger partial charge is 0.403 e. The van der Waals surface area contributed by atoms with Crippen molar-refractivity contribution in [3.63, 3.8) is 0 Å². The monoisotopic (exact) mass is 265 g/mol. The third-order valence-corrected chi connectivity index (χ3v) is 3.20. The maximum absolute atomic E-state index is 13.5. The van der Waals surface area contributed by atoms with Crippen LogP contribution < -0.4 is 5.32 Å². The Morgan fingerprint density at radius 1 is 1.17 bits per heavy atom. The van der Waals surface area contributed by atoms with Crippen LogP contribution in [0.5, 0.6) is 0 Å². The molecule has 1 heterocycles.